The Bertz CT molecular complexity index is 1810. The first-order chi connectivity index (χ1) is 21.2. The van der Waals surface area contributed by atoms with Crippen LogP contribution in [0.4, 0.5) is 0 Å². The van der Waals surface area contributed by atoms with E-state index < -0.39 is 22.2 Å². The number of aryl methyl sites for hydroxylation is 1. The van der Waals surface area contributed by atoms with Crippen LogP contribution in [-0.4, -0.2) is 63.7 Å². The largest absolute Gasteiger partial charge is 0.497 e. The Kier molecular flexibility index (Phi) is 9.66. The second kappa shape index (κ2) is 13.3. The van der Waals surface area contributed by atoms with Gasteiger partial charge in [-0.05, 0) is 75.4 Å². The second-order valence-electron chi connectivity index (χ2n) is 11.6. The Morgan fingerprint density at radius 1 is 1.07 bits per heavy atom. The number of fused-ring (bicyclic) bond motifs is 1. The Morgan fingerprint density at radius 2 is 1.78 bits per heavy atom. The van der Waals surface area contributed by atoms with E-state index in [0.717, 1.165) is 37.9 Å². The van der Waals surface area contributed by atoms with Gasteiger partial charge in [0.25, 0.3) is 5.56 Å². The standard InChI is InChI=1S/C32H39N5O6S.CH4/c1-4-43-27-17-16-24(44(40,41)36-18-8-7-11-26(36)29(38)21-12-14-23(42-3)15-13-21)19-25(27)30-34-32(39)28-20(2)33-31(37(28)35-30)22-9-5-6-10-22;/h12-17,19,22,26,29,38H,4-11,18H2,1-3H3,(H,34,35,39);1H4. The number of aromatic amines is 1. The normalized spacial score (nSPS) is 18.5. The number of H-pyrrole nitrogens is 1. The molecule has 1 aliphatic heterocycles. The zero-order chi connectivity index (χ0) is 31.0. The molecule has 1 aliphatic carbocycles. The maximum absolute atomic E-state index is 14.2. The molecular weight excluding hydrogens is 594 g/mol. The highest BCUT2D eigenvalue weighted by Gasteiger charge is 2.38. The van der Waals surface area contributed by atoms with Gasteiger partial charge in [-0.2, -0.15) is 4.31 Å². The van der Waals surface area contributed by atoms with Crippen LogP contribution >= 0.6 is 0 Å². The van der Waals surface area contributed by atoms with E-state index in [-0.39, 0.29) is 36.2 Å². The Balaban J connectivity index is 0.00000400. The number of benzene rings is 2. The number of sulfonamides is 1. The summed E-state index contributed by atoms with van der Waals surface area (Å²) in [4.78, 5) is 21.0. The quantitative estimate of drug-likeness (QED) is 0.250. The Hall–Kier alpha value is -3.74. The zero-order valence-corrected chi connectivity index (χ0v) is 26.1. The van der Waals surface area contributed by atoms with Crippen molar-refractivity contribution >= 4 is 15.5 Å². The van der Waals surface area contributed by atoms with Crippen LogP contribution in [0.25, 0.3) is 16.9 Å². The fourth-order valence-electron chi connectivity index (χ4n) is 6.60. The molecule has 4 aromatic rings. The summed E-state index contributed by atoms with van der Waals surface area (Å²) >= 11 is 0. The molecule has 1 saturated heterocycles. The minimum atomic E-state index is -4.05. The molecule has 242 valence electrons. The number of ether oxygens (including phenoxy) is 2. The van der Waals surface area contributed by atoms with Gasteiger partial charge >= 0.3 is 0 Å². The van der Waals surface area contributed by atoms with Crippen LogP contribution in [0, 0.1) is 6.92 Å². The highest BCUT2D eigenvalue weighted by molar-refractivity contribution is 7.89. The molecule has 2 unspecified atom stereocenters. The summed E-state index contributed by atoms with van der Waals surface area (Å²) in [5.74, 6) is 2.23. The monoisotopic (exact) mass is 637 g/mol. The maximum atomic E-state index is 14.2. The third-order valence-electron chi connectivity index (χ3n) is 8.85. The predicted molar refractivity (Wildman–Crippen MR) is 172 cm³/mol. The van der Waals surface area contributed by atoms with Crippen molar-refractivity contribution in [1.82, 2.24) is 23.9 Å². The minimum absolute atomic E-state index is 0. The molecule has 1 saturated carbocycles. The average molecular weight is 638 g/mol. The molecule has 2 aliphatic rings. The van der Waals surface area contributed by atoms with Gasteiger partial charge in [-0.1, -0.05) is 38.8 Å². The smallest absolute Gasteiger partial charge is 0.277 e. The van der Waals surface area contributed by atoms with Crippen molar-refractivity contribution in [2.24, 2.45) is 0 Å². The number of methoxy groups -OCH3 is 1. The van der Waals surface area contributed by atoms with E-state index in [1.807, 2.05) is 6.92 Å². The fourth-order valence-corrected chi connectivity index (χ4v) is 8.33. The molecule has 0 amide bonds. The number of aliphatic hydroxyl groups is 1. The van der Waals surface area contributed by atoms with Gasteiger partial charge in [-0.15, -0.1) is 5.10 Å². The molecule has 11 nitrogen and oxygen atoms in total. The van der Waals surface area contributed by atoms with Crippen LogP contribution in [0.3, 0.4) is 0 Å². The number of hydrogen-bond donors (Lipinski definition) is 2. The summed E-state index contributed by atoms with van der Waals surface area (Å²) in [6, 6.07) is 11.0. The van der Waals surface area contributed by atoms with Crippen LogP contribution < -0.4 is 15.0 Å². The van der Waals surface area contributed by atoms with Gasteiger partial charge in [0.1, 0.15) is 17.3 Å². The Morgan fingerprint density at radius 3 is 2.47 bits per heavy atom. The average Bonchev–Trinajstić information content (AvgIpc) is 3.69. The summed E-state index contributed by atoms with van der Waals surface area (Å²) in [5.41, 5.74) is 1.63. The van der Waals surface area contributed by atoms with Crippen molar-refractivity contribution in [3.63, 3.8) is 0 Å². The molecule has 3 heterocycles. The van der Waals surface area contributed by atoms with Gasteiger partial charge in [0.15, 0.2) is 11.3 Å². The van der Waals surface area contributed by atoms with Crippen LogP contribution in [0.2, 0.25) is 0 Å². The molecule has 2 aromatic heterocycles. The van der Waals surface area contributed by atoms with E-state index in [0.29, 0.717) is 53.3 Å². The molecule has 2 N–H and O–H groups in total. The van der Waals surface area contributed by atoms with Gasteiger partial charge in [0.2, 0.25) is 10.0 Å². The highest BCUT2D eigenvalue weighted by atomic mass is 32.2. The van der Waals surface area contributed by atoms with Gasteiger partial charge in [0, 0.05) is 12.5 Å². The first-order valence-electron chi connectivity index (χ1n) is 15.3. The van der Waals surface area contributed by atoms with Crippen molar-refractivity contribution in [1.29, 1.82) is 0 Å². The number of aliphatic hydroxyl groups excluding tert-OH is 1. The van der Waals surface area contributed by atoms with Gasteiger partial charge < -0.3 is 19.6 Å². The van der Waals surface area contributed by atoms with E-state index >= 15 is 0 Å². The summed E-state index contributed by atoms with van der Waals surface area (Å²) in [6.07, 6.45) is 5.17. The number of rotatable bonds is 9. The van der Waals surface area contributed by atoms with E-state index in [1.54, 1.807) is 48.9 Å². The molecule has 6 rings (SSSR count). The predicted octanol–water partition coefficient (Wildman–Crippen LogP) is 5.37. The lowest BCUT2D eigenvalue weighted by Gasteiger charge is -2.37. The summed E-state index contributed by atoms with van der Waals surface area (Å²) in [5, 5.41) is 16.2. The topological polar surface area (TPSA) is 139 Å². The lowest BCUT2D eigenvalue weighted by Crippen LogP contribution is -2.46. The van der Waals surface area contributed by atoms with Crippen molar-refractivity contribution in [2.45, 2.75) is 89.2 Å². The second-order valence-corrected chi connectivity index (χ2v) is 13.5. The summed E-state index contributed by atoms with van der Waals surface area (Å²) < 4.78 is 42.6. The van der Waals surface area contributed by atoms with Crippen LogP contribution in [0.15, 0.2) is 52.2 Å². The maximum Gasteiger partial charge on any atom is 0.277 e. The number of imidazole rings is 1. The van der Waals surface area contributed by atoms with Crippen LogP contribution in [0.5, 0.6) is 11.5 Å². The van der Waals surface area contributed by atoms with Gasteiger partial charge in [-0.3, -0.25) is 4.79 Å². The number of nitrogens with one attached hydrogen (secondary N) is 1. The fraction of sp³-hybridized carbons (Fsp3) is 0.485. The first kappa shape index (κ1) is 32.6. The first-order valence-corrected chi connectivity index (χ1v) is 16.8. The molecule has 0 radical (unpaired) electrons. The molecular formula is C33H43N5O6S. The van der Waals surface area contributed by atoms with Crippen molar-refractivity contribution < 1.29 is 23.0 Å². The minimum Gasteiger partial charge on any atom is -0.497 e. The van der Waals surface area contributed by atoms with Crippen molar-refractivity contribution in [2.75, 3.05) is 20.3 Å². The summed E-state index contributed by atoms with van der Waals surface area (Å²) in [7, 11) is -2.49. The van der Waals surface area contributed by atoms with Gasteiger partial charge in [0.05, 0.1) is 42.0 Å². The van der Waals surface area contributed by atoms with E-state index in [1.165, 1.54) is 16.4 Å². The molecule has 12 heteroatoms. The Labute approximate surface area is 264 Å². The number of hydrogen-bond acceptors (Lipinski definition) is 8. The lowest BCUT2D eigenvalue weighted by atomic mass is 9.95. The number of piperidine rings is 1. The SMILES string of the molecule is C.CCOc1ccc(S(=O)(=O)N2CCCCC2C(O)c2ccc(OC)cc2)cc1-c1nn2c(C3CCCC3)nc(C)c2c(=O)[nH]1. The highest BCUT2D eigenvalue weighted by Crippen LogP contribution is 2.37. The van der Waals surface area contributed by atoms with Crippen LogP contribution in [0.1, 0.15) is 88.4 Å². The zero-order valence-electron chi connectivity index (χ0n) is 25.3. The summed E-state index contributed by atoms with van der Waals surface area (Å²) in [6.45, 7) is 4.26. The third-order valence-corrected chi connectivity index (χ3v) is 10.8. The van der Waals surface area contributed by atoms with E-state index in [4.69, 9.17) is 19.6 Å². The molecule has 2 atom stereocenters. The molecule has 2 fully saturated rings. The third kappa shape index (κ3) is 6.10. The molecule has 2 aromatic carbocycles. The van der Waals surface area contributed by atoms with E-state index in [9.17, 15) is 18.3 Å². The molecule has 45 heavy (non-hydrogen) atoms. The molecule has 0 bridgehead atoms. The van der Waals surface area contributed by atoms with Gasteiger partial charge in [-0.25, -0.2) is 17.9 Å². The number of nitrogens with zero attached hydrogens (tertiary/aromatic N) is 4. The molecule has 0 spiro atoms. The lowest BCUT2D eigenvalue weighted by molar-refractivity contribution is 0.0690. The van der Waals surface area contributed by atoms with Crippen LogP contribution in [-0.2, 0) is 10.0 Å². The van der Waals surface area contributed by atoms with Crippen molar-refractivity contribution in [3.05, 3.63) is 69.9 Å². The van der Waals surface area contributed by atoms with Crippen molar-refractivity contribution in [3.8, 4) is 22.9 Å². The van der Waals surface area contributed by atoms with E-state index in [2.05, 4.69) is 4.98 Å². The number of aromatic nitrogens is 4.